The van der Waals surface area contributed by atoms with Gasteiger partial charge in [0.1, 0.15) is 5.82 Å². The molecule has 3 nitrogen and oxygen atoms in total. The van der Waals surface area contributed by atoms with Crippen LogP contribution in [0.1, 0.15) is 19.3 Å². The number of benzene rings is 1. The number of nitrogens with two attached hydrogens (primary N) is 1. The van der Waals surface area contributed by atoms with Crippen LogP contribution in [0.25, 0.3) is 0 Å². The summed E-state index contributed by atoms with van der Waals surface area (Å²) in [5.74, 6) is -0.464. The molecule has 2 heterocycles. The van der Waals surface area contributed by atoms with Crippen molar-refractivity contribution >= 4 is 23.0 Å². The van der Waals surface area contributed by atoms with Crippen LogP contribution in [-0.2, 0) is 0 Å². The lowest BCUT2D eigenvalue weighted by Crippen LogP contribution is -2.33. The first-order chi connectivity index (χ1) is 8.65. The Morgan fingerprint density at radius 3 is 3.00 bits per heavy atom. The summed E-state index contributed by atoms with van der Waals surface area (Å²) in [6.45, 7) is 2.33. The second-order valence-electron chi connectivity index (χ2n) is 5.14. The fourth-order valence-corrected chi connectivity index (χ4v) is 3.30. The Morgan fingerprint density at radius 2 is 2.17 bits per heavy atom. The van der Waals surface area contributed by atoms with E-state index in [1.165, 1.54) is 25.5 Å². The number of halogens is 2. The fraction of sp³-hybridized carbons (Fsp3) is 0.538. The molecule has 2 fully saturated rings. The molecule has 2 atom stereocenters. The summed E-state index contributed by atoms with van der Waals surface area (Å²) in [6.07, 6.45) is 3.61. The van der Waals surface area contributed by atoms with E-state index in [9.17, 15) is 4.39 Å². The first-order valence-electron chi connectivity index (χ1n) is 6.40. The highest BCUT2D eigenvalue weighted by molar-refractivity contribution is 6.31. The number of nitrogens with one attached hydrogen (secondary N) is 1. The first-order valence-corrected chi connectivity index (χ1v) is 6.78. The molecule has 0 spiro atoms. The summed E-state index contributed by atoms with van der Waals surface area (Å²) in [4.78, 5) is 2.51. The lowest BCUT2D eigenvalue weighted by atomic mass is 10.1. The summed E-state index contributed by atoms with van der Waals surface area (Å²) >= 11 is 5.80. The number of nitrogens with zero attached hydrogens (tertiary/aromatic N) is 1. The maximum atomic E-state index is 13.2. The molecule has 0 radical (unpaired) electrons. The Bertz CT molecular complexity index is 466. The summed E-state index contributed by atoms with van der Waals surface area (Å²) in [5.41, 5.74) is 7.01. The summed E-state index contributed by atoms with van der Waals surface area (Å²) in [7, 11) is 0. The zero-order valence-corrected chi connectivity index (χ0v) is 10.9. The van der Waals surface area contributed by atoms with Crippen molar-refractivity contribution in [3.8, 4) is 0 Å². The fourth-order valence-electron chi connectivity index (χ4n) is 3.14. The second-order valence-corrected chi connectivity index (χ2v) is 5.55. The molecule has 0 amide bonds. The molecular formula is C13H17ClFN3. The minimum atomic E-state index is -0.464. The van der Waals surface area contributed by atoms with Gasteiger partial charge in [0.25, 0.3) is 0 Å². The number of rotatable bonds is 2. The number of hydrogen-bond acceptors (Lipinski definition) is 3. The van der Waals surface area contributed by atoms with E-state index in [-0.39, 0.29) is 5.02 Å². The van der Waals surface area contributed by atoms with Gasteiger partial charge in [0.2, 0.25) is 0 Å². The largest absolute Gasteiger partial charge is 0.397 e. The normalized spacial score (nSPS) is 27.4. The molecule has 0 bridgehead atoms. The van der Waals surface area contributed by atoms with Crippen LogP contribution in [0.4, 0.5) is 15.8 Å². The third kappa shape index (κ3) is 2.04. The van der Waals surface area contributed by atoms with E-state index in [0.717, 1.165) is 18.7 Å². The van der Waals surface area contributed by atoms with Crippen molar-refractivity contribution in [1.82, 2.24) is 4.90 Å². The predicted molar refractivity (Wildman–Crippen MR) is 72.4 cm³/mol. The lowest BCUT2D eigenvalue weighted by Gasteiger charge is -2.23. The monoisotopic (exact) mass is 269 g/mol. The molecule has 3 rings (SSSR count). The smallest absolute Gasteiger partial charge is 0.143 e. The highest BCUT2D eigenvalue weighted by atomic mass is 35.5. The number of fused-ring (bicyclic) bond motifs is 1. The molecule has 98 valence electrons. The van der Waals surface area contributed by atoms with Crippen LogP contribution in [-0.4, -0.2) is 30.1 Å². The van der Waals surface area contributed by atoms with E-state index in [1.54, 1.807) is 6.07 Å². The molecule has 0 aromatic heterocycles. The van der Waals surface area contributed by atoms with Gasteiger partial charge in [-0.1, -0.05) is 11.6 Å². The van der Waals surface area contributed by atoms with E-state index >= 15 is 0 Å². The molecule has 5 heteroatoms. The van der Waals surface area contributed by atoms with Gasteiger partial charge in [-0.15, -0.1) is 0 Å². The van der Waals surface area contributed by atoms with E-state index in [1.807, 2.05) is 0 Å². The molecular weight excluding hydrogens is 253 g/mol. The van der Waals surface area contributed by atoms with E-state index in [4.69, 9.17) is 17.3 Å². The molecule has 2 aliphatic heterocycles. The van der Waals surface area contributed by atoms with Crippen molar-refractivity contribution in [1.29, 1.82) is 0 Å². The highest BCUT2D eigenvalue weighted by Crippen LogP contribution is 2.33. The highest BCUT2D eigenvalue weighted by Gasteiger charge is 2.37. The quantitative estimate of drug-likeness (QED) is 0.811. The van der Waals surface area contributed by atoms with Gasteiger partial charge in [0, 0.05) is 24.7 Å². The molecule has 0 aliphatic carbocycles. The third-order valence-electron chi connectivity index (χ3n) is 4.04. The second kappa shape index (κ2) is 4.59. The summed E-state index contributed by atoms with van der Waals surface area (Å²) in [6, 6.07) is 3.86. The molecule has 2 saturated heterocycles. The maximum absolute atomic E-state index is 13.2. The van der Waals surface area contributed by atoms with Gasteiger partial charge in [0.05, 0.1) is 16.4 Å². The average Bonchev–Trinajstić information content (AvgIpc) is 2.90. The molecule has 2 aliphatic rings. The van der Waals surface area contributed by atoms with Gasteiger partial charge in [-0.05, 0) is 31.9 Å². The van der Waals surface area contributed by atoms with E-state index in [2.05, 4.69) is 10.2 Å². The van der Waals surface area contributed by atoms with Gasteiger partial charge < -0.3 is 11.1 Å². The standard InChI is InChI=1S/C13H17ClFN3/c14-8-6-12(10(16)7-9(8)15)17-11-3-5-18-4-1-2-13(11)18/h6-7,11,13,17H,1-5,16H2. The van der Waals surface area contributed by atoms with Crippen molar-refractivity contribution in [3.63, 3.8) is 0 Å². The zero-order chi connectivity index (χ0) is 12.7. The number of nitrogen functional groups attached to an aromatic ring is 1. The van der Waals surface area contributed by atoms with Crippen LogP contribution in [0.3, 0.4) is 0 Å². The van der Waals surface area contributed by atoms with Crippen LogP contribution in [0.5, 0.6) is 0 Å². The van der Waals surface area contributed by atoms with Gasteiger partial charge in [-0.2, -0.15) is 0 Å². The van der Waals surface area contributed by atoms with Crippen molar-refractivity contribution in [2.45, 2.75) is 31.3 Å². The zero-order valence-electron chi connectivity index (χ0n) is 10.1. The van der Waals surface area contributed by atoms with Crippen LogP contribution in [0, 0.1) is 5.82 Å². The van der Waals surface area contributed by atoms with Crippen molar-refractivity contribution < 1.29 is 4.39 Å². The molecule has 1 aromatic rings. The van der Waals surface area contributed by atoms with E-state index in [0.29, 0.717) is 17.8 Å². The lowest BCUT2D eigenvalue weighted by molar-refractivity contribution is 0.318. The maximum Gasteiger partial charge on any atom is 0.143 e. The average molecular weight is 270 g/mol. The minimum absolute atomic E-state index is 0.118. The SMILES string of the molecule is Nc1cc(F)c(Cl)cc1NC1CCN2CCCC12. The Hall–Kier alpha value is -1.00. The Kier molecular flexibility index (Phi) is 3.08. The van der Waals surface area contributed by atoms with Crippen LogP contribution in [0.15, 0.2) is 12.1 Å². The predicted octanol–water partition coefficient (Wildman–Crippen LogP) is 2.71. The Balaban J connectivity index is 1.78. The van der Waals surface area contributed by atoms with Crippen molar-refractivity contribution in [3.05, 3.63) is 23.0 Å². The molecule has 2 unspecified atom stereocenters. The van der Waals surface area contributed by atoms with Crippen LogP contribution >= 0.6 is 11.6 Å². The topological polar surface area (TPSA) is 41.3 Å². The summed E-state index contributed by atoms with van der Waals surface area (Å²) in [5, 5.41) is 3.55. The molecule has 3 N–H and O–H groups in total. The van der Waals surface area contributed by atoms with Gasteiger partial charge >= 0.3 is 0 Å². The molecule has 1 aromatic carbocycles. The van der Waals surface area contributed by atoms with Gasteiger partial charge in [0.15, 0.2) is 0 Å². The number of anilines is 2. The van der Waals surface area contributed by atoms with Crippen LogP contribution in [0.2, 0.25) is 5.02 Å². The van der Waals surface area contributed by atoms with E-state index < -0.39 is 5.82 Å². The Labute approximate surface area is 111 Å². The third-order valence-corrected chi connectivity index (χ3v) is 4.33. The molecule has 18 heavy (non-hydrogen) atoms. The Morgan fingerprint density at radius 1 is 1.33 bits per heavy atom. The molecule has 0 saturated carbocycles. The van der Waals surface area contributed by atoms with Gasteiger partial charge in [-0.3, -0.25) is 4.90 Å². The minimum Gasteiger partial charge on any atom is -0.397 e. The first kappa shape index (κ1) is 12.1. The van der Waals surface area contributed by atoms with Crippen LogP contribution < -0.4 is 11.1 Å². The van der Waals surface area contributed by atoms with Crippen molar-refractivity contribution in [2.24, 2.45) is 0 Å². The van der Waals surface area contributed by atoms with Gasteiger partial charge in [-0.25, -0.2) is 4.39 Å². The summed E-state index contributed by atoms with van der Waals surface area (Å²) < 4.78 is 13.2. The number of hydrogen-bond donors (Lipinski definition) is 2. The van der Waals surface area contributed by atoms with Crippen molar-refractivity contribution in [2.75, 3.05) is 24.1 Å².